The summed E-state index contributed by atoms with van der Waals surface area (Å²) in [5.74, 6) is 0.471. The van der Waals surface area contributed by atoms with Gasteiger partial charge in [-0.15, -0.1) is 0 Å². The van der Waals surface area contributed by atoms with E-state index in [1.165, 1.54) is 11.1 Å². The molecule has 1 saturated heterocycles. The Morgan fingerprint density at radius 2 is 2.33 bits per heavy atom. The van der Waals surface area contributed by atoms with Crippen LogP contribution in [0.3, 0.4) is 0 Å². The smallest absolute Gasteiger partial charge is 0.220 e. The molecule has 15 heavy (non-hydrogen) atoms. The molecule has 1 aliphatic heterocycles. The van der Waals surface area contributed by atoms with Gasteiger partial charge in [0, 0.05) is 24.6 Å². The number of hydrogen-bond donors (Lipinski definition) is 2. The number of hydrogen-bond acceptors (Lipinski definition) is 2. The van der Waals surface area contributed by atoms with E-state index in [-0.39, 0.29) is 5.91 Å². The highest BCUT2D eigenvalue weighted by Gasteiger charge is 2.23. The summed E-state index contributed by atoms with van der Waals surface area (Å²) < 4.78 is 0. The normalized spacial score (nSPS) is 20.3. The predicted octanol–water partition coefficient (Wildman–Crippen LogP) is 1.43. The minimum atomic E-state index is 0.148. The van der Waals surface area contributed by atoms with E-state index in [0.717, 1.165) is 18.7 Å². The van der Waals surface area contributed by atoms with E-state index >= 15 is 0 Å². The van der Waals surface area contributed by atoms with Crippen molar-refractivity contribution < 1.29 is 4.79 Å². The van der Waals surface area contributed by atoms with E-state index in [2.05, 4.69) is 18.3 Å². The van der Waals surface area contributed by atoms with Crippen molar-refractivity contribution in [2.24, 2.45) is 0 Å². The molecule has 2 rings (SSSR count). The van der Waals surface area contributed by atoms with Crippen molar-refractivity contribution in [3.05, 3.63) is 29.3 Å². The van der Waals surface area contributed by atoms with E-state index in [1.54, 1.807) is 0 Å². The molecule has 0 aromatic heterocycles. The third-order valence-electron chi connectivity index (χ3n) is 3.00. The highest BCUT2D eigenvalue weighted by atomic mass is 16.1. The van der Waals surface area contributed by atoms with Gasteiger partial charge in [0.15, 0.2) is 0 Å². The number of carbonyl (C=O) groups excluding carboxylic acids is 1. The van der Waals surface area contributed by atoms with Crippen molar-refractivity contribution in [2.75, 3.05) is 12.3 Å². The van der Waals surface area contributed by atoms with Gasteiger partial charge < -0.3 is 11.1 Å². The molecule has 1 atom stereocenters. The SMILES string of the molecule is CCc1cc([C@@H]2CNC(=O)C2)ccc1N. The topological polar surface area (TPSA) is 55.1 Å². The van der Waals surface area contributed by atoms with Gasteiger partial charge in [0.05, 0.1) is 0 Å². The van der Waals surface area contributed by atoms with Crippen LogP contribution >= 0.6 is 0 Å². The summed E-state index contributed by atoms with van der Waals surface area (Å²) in [5.41, 5.74) is 9.08. The lowest BCUT2D eigenvalue weighted by molar-refractivity contribution is -0.119. The summed E-state index contributed by atoms with van der Waals surface area (Å²) in [4.78, 5) is 11.1. The molecule has 1 heterocycles. The standard InChI is InChI=1S/C12H16N2O/c1-2-8-5-9(3-4-11(8)13)10-6-12(15)14-7-10/h3-5,10H,2,6-7,13H2,1H3,(H,14,15)/t10-/m0/s1. The Kier molecular flexibility index (Phi) is 2.62. The van der Waals surface area contributed by atoms with Crippen molar-refractivity contribution >= 4 is 11.6 Å². The molecule has 0 saturated carbocycles. The third-order valence-corrected chi connectivity index (χ3v) is 3.00. The molecule has 0 aliphatic carbocycles. The maximum atomic E-state index is 11.1. The number of amides is 1. The molecule has 1 aliphatic rings. The molecular formula is C12H16N2O. The predicted molar refractivity (Wildman–Crippen MR) is 60.6 cm³/mol. The third kappa shape index (κ3) is 1.96. The highest BCUT2D eigenvalue weighted by molar-refractivity contribution is 5.79. The molecule has 0 radical (unpaired) electrons. The Balaban J connectivity index is 2.25. The number of rotatable bonds is 2. The first kappa shape index (κ1) is 10.0. The Morgan fingerprint density at radius 1 is 1.53 bits per heavy atom. The maximum absolute atomic E-state index is 11.1. The van der Waals surface area contributed by atoms with E-state index in [0.29, 0.717) is 12.3 Å². The van der Waals surface area contributed by atoms with E-state index in [9.17, 15) is 4.79 Å². The number of anilines is 1. The zero-order chi connectivity index (χ0) is 10.8. The first-order chi connectivity index (χ1) is 7.20. The zero-order valence-electron chi connectivity index (χ0n) is 8.92. The molecule has 0 spiro atoms. The first-order valence-electron chi connectivity index (χ1n) is 5.35. The van der Waals surface area contributed by atoms with Gasteiger partial charge in [-0.05, 0) is 23.6 Å². The molecule has 3 heteroatoms. The summed E-state index contributed by atoms with van der Waals surface area (Å²) in [6, 6.07) is 6.09. The van der Waals surface area contributed by atoms with Crippen molar-refractivity contribution in [3.8, 4) is 0 Å². The molecule has 3 N–H and O–H groups in total. The van der Waals surface area contributed by atoms with Crippen LogP contribution in [0.2, 0.25) is 0 Å². The van der Waals surface area contributed by atoms with Crippen LogP contribution in [0.4, 0.5) is 5.69 Å². The average molecular weight is 204 g/mol. The summed E-state index contributed by atoms with van der Waals surface area (Å²) in [6.45, 7) is 2.85. The Hall–Kier alpha value is -1.51. The van der Waals surface area contributed by atoms with E-state index in [1.807, 2.05) is 12.1 Å². The number of carbonyl (C=O) groups is 1. The fourth-order valence-electron chi connectivity index (χ4n) is 2.03. The maximum Gasteiger partial charge on any atom is 0.220 e. The van der Waals surface area contributed by atoms with Crippen molar-refractivity contribution in [1.82, 2.24) is 5.32 Å². The van der Waals surface area contributed by atoms with Gasteiger partial charge in [0.1, 0.15) is 0 Å². The fraction of sp³-hybridized carbons (Fsp3) is 0.417. The van der Waals surface area contributed by atoms with Gasteiger partial charge in [0.25, 0.3) is 0 Å². The van der Waals surface area contributed by atoms with Crippen LogP contribution < -0.4 is 11.1 Å². The first-order valence-corrected chi connectivity index (χ1v) is 5.35. The molecule has 1 aromatic rings. The van der Waals surface area contributed by atoms with Gasteiger partial charge in [-0.1, -0.05) is 19.1 Å². The number of nitrogens with two attached hydrogens (primary N) is 1. The zero-order valence-corrected chi connectivity index (χ0v) is 8.92. The molecular weight excluding hydrogens is 188 g/mol. The van der Waals surface area contributed by atoms with Gasteiger partial charge >= 0.3 is 0 Å². The lowest BCUT2D eigenvalue weighted by Crippen LogP contribution is -2.13. The van der Waals surface area contributed by atoms with Gasteiger partial charge in [-0.3, -0.25) is 4.79 Å². The van der Waals surface area contributed by atoms with Crippen LogP contribution in [-0.2, 0) is 11.2 Å². The molecule has 3 nitrogen and oxygen atoms in total. The minimum Gasteiger partial charge on any atom is -0.399 e. The molecule has 80 valence electrons. The number of aryl methyl sites for hydroxylation is 1. The molecule has 1 aromatic carbocycles. The van der Waals surface area contributed by atoms with Crippen LogP contribution in [0, 0.1) is 0 Å². The molecule has 0 bridgehead atoms. The monoisotopic (exact) mass is 204 g/mol. The molecule has 0 unspecified atom stereocenters. The average Bonchev–Trinajstić information content (AvgIpc) is 2.66. The summed E-state index contributed by atoms with van der Waals surface area (Å²) in [6.07, 6.45) is 1.54. The van der Waals surface area contributed by atoms with Crippen molar-refractivity contribution in [2.45, 2.75) is 25.7 Å². The lowest BCUT2D eigenvalue weighted by Gasteiger charge is -2.11. The highest BCUT2D eigenvalue weighted by Crippen LogP contribution is 2.26. The second-order valence-electron chi connectivity index (χ2n) is 4.02. The molecule has 1 amide bonds. The second kappa shape index (κ2) is 3.93. The van der Waals surface area contributed by atoms with Gasteiger partial charge in [-0.25, -0.2) is 0 Å². The molecule has 1 fully saturated rings. The van der Waals surface area contributed by atoms with E-state index < -0.39 is 0 Å². The summed E-state index contributed by atoms with van der Waals surface area (Å²) in [7, 11) is 0. The van der Waals surface area contributed by atoms with Gasteiger partial charge in [0.2, 0.25) is 5.91 Å². The Bertz CT molecular complexity index is 387. The number of nitrogens with one attached hydrogen (secondary N) is 1. The lowest BCUT2D eigenvalue weighted by atomic mass is 9.95. The van der Waals surface area contributed by atoms with Crippen LogP contribution in [0.1, 0.15) is 30.4 Å². The van der Waals surface area contributed by atoms with E-state index in [4.69, 9.17) is 5.73 Å². The quantitative estimate of drug-likeness (QED) is 0.716. The van der Waals surface area contributed by atoms with Crippen LogP contribution in [0.15, 0.2) is 18.2 Å². The summed E-state index contributed by atoms with van der Waals surface area (Å²) >= 11 is 0. The Labute approximate surface area is 89.7 Å². The van der Waals surface area contributed by atoms with Crippen molar-refractivity contribution in [3.63, 3.8) is 0 Å². The minimum absolute atomic E-state index is 0.148. The number of nitrogen functional groups attached to an aromatic ring is 1. The summed E-state index contributed by atoms with van der Waals surface area (Å²) in [5, 5.41) is 2.85. The fourth-order valence-corrected chi connectivity index (χ4v) is 2.03. The van der Waals surface area contributed by atoms with Crippen LogP contribution in [0.25, 0.3) is 0 Å². The van der Waals surface area contributed by atoms with Crippen molar-refractivity contribution in [1.29, 1.82) is 0 Å². The Morgan fingerprint density at radius 3 is 2.93 bits per heavy atom. The van der Waals surface area contributed by atoms with Crippen LogP contribution in [0.5, 0.6) is 0 Å². The van der Waals surface area contributed by atoms with Gasteiger partial charge in [-0.2, -0.15) is 0 Å². The largest absolute Gasteiger partial charge is 0.399 e. The van der Waals surface area contributed by atoms with Crippen LogP contribution in [-0.4, -0.2) is 12.5 Å². The second-order valence-corrected chi connectivity index (χ2v) is 4.02. The number of benzene rings is 1.